The van der Waals surface area contributed by atoms with Crippen LogP contribution in [-0.2, 0) is 10.3 Å². The van der Waals surface area contributed by atoms with Crippen molar-refractivity contribution in [3.8, 4) is 0 Å². The van der Waals surface area contributed by atoms with Gasteiger partial charge in [0.15, 0.2) is 0 Å². The molecule has 1 saturated carbocycles. The zero-order valence-corrected chi connectivity index (χ0v) is 12.3. The van der Waals surface area contributed by atoms with E-state index in [1.54, 1.807) is 33.2 Å². The van der Waals surface area contributed by atoms with E-state index in [1.807, 2.05) is 0 Å². The van der Waals surface area contributed by atoms with E-state index in [1.165, 1.54) is 0 Å². The van der Waals surface area contributed by atoms with E-state index in [0.717, 1.165) is 31.2 Å². The minimum Gasteiger partial charge on any atom is -0.444 e. The van der Waals surface area contributed by atoms with E-state index >= 15 is 0 Å². The van der Waals surface area contributed by atoms with Crippen LogP contribution in [0.25, 0.3) is 0 Å². The maximum absolute atomic E-state index is 11.6. The highest BCUT2D eigenvalue weighted by Crippen LogP contribution is 2.35. The molecule has 0 spiro atoms. The highest BCUT2D eigenvalue weighted by molar-refractivity contribution is 5.82. The van der Waals surface area contributed by atoms with E-state index in [9.17, 15) is 4.79 Å². The zero-order valence-electron chi connectivity index (χ0n) is 12.3. The van der Waals surface area contributed by atoms with E-state index < -0.39 is 11.7 Å². The fraction of sp³-hybridized carbons (Fsp3) is 0.643. The summed E-state index contributed by atoms with van der Waals surface area (Å²) in [5, 5.41) is 2.50. The van der Waals surface area contributed by atoms with Gasteiger partial charge in [-0.3, -0.25) is 5.32 Å². The monoisotopic (exact) mass is 278 g/mol. The van der Waals surface area contributed by atoms with Crippen molar-refractivity contribution in [2.45, 2.75) is 57.6 Å². The molecule has 0 radical (unpaired) electrons. The van der Waals surface area contributed by atoms with Crippen molar-refractivity contribution in [2.24, 2.45) is 5.73 Å². The molecule has 1 aromatic rings. The molecule has 110 valence electrons. The zero-order chi connectivity index (χ0) is 14.8. The summed E-state index contributed by atoms with van der Waals surface area (Å²) in [6.07, 6.45) is 6.98. The summed E-state index contributed by atoms with van der Waals surface area (Å²) < 4.78 is 5.14. The second kappa shape index (κ2) is 5.36. The Bertz CT molecular complexity index is 473. The average molecular weight is 278 g/mol. The van der Waals surface area contributed by atoms with Crippen LogP contribution in [0.2, 0.25) is 0 Å². The lowest BCUT2D eigenvalue weighted by Gasteiger charge is -2.23. The van der Waals surface area contributed by atoms with E-state index in [4.69, 9.17) is 10.5 Å². The number of carbonyl (C=O) groups excluding carboxylic acids is 1. The van der Waals surface area contributed by atoms with Gasteiger partial charge >= 0.3 is 6.09 Å². The highest BCUT2D eigenvalue weighted by Gasteiger charge is 2.31. The second-order valence-corrected chi connectivity index (χ2v) is 6.29. The van der Waals surface area contributed by atoms with E-state index in [-0.39, 0.29) is 11.5 Å². The van der Waals surface area contributed by atoms with Crippen molar-refractivity contribution in [3.05, 3.63) is 18.0 Å². The molecular weight excluding hydrogens is 256 g/mol. The molecule has 3 N–H and O–H groups in total. The van der Waals surface area contributed by atoms with Crippen LogP contribution < -0.4 is 11.1 Å². The summed E-state index contributed by atoms with van der Waals surface area (Å²) in [5.74, 6) is 0.226. The van der Waals surface area contributed by atoms with Gasteiger partial charge in [0.1, 0.15) is 5.60 Å². The Hall–Kier alpha value is -1.69. The highest BCUT2D eigenvalue weighted by atomic mass is 16.6. The van der Waals surface area contributed by atoms with Gasteiger partial charge in [0, 0.05) is 23.5 Å². The van der Waals surface area contributed by atoms with Gasteiger partial charge in [-0.05, 0) is 33.6 Å². The quantitative estimate of drug-likeness (QED) is 0.867. The van der Waals surface area contributed by atoms with Crippen LogP contribution in [0.1, 0.15) is 52.0 Å². The van der Waals surface area contributed by atoms with Crippen molar-refractivity contribution < 1.29 is 9.53 Å². The Morgan fingerprint density at radius 2 is 1.85 bits per heavy atom. The van der Waals surface area contributed by atoms with E-state index in [2.05, 4.69) is 15.3 Å². The summed E-state index contributed by atoms with van der Waals surface area (Å²) in [6, 6.07) is 0. The first kappa shape index (κ1) is 14.7. The second-order valence-electron chi connectivity index (χ2n) is 6.29. The van der Waals surface area contributed by atoms with Crippen LogP contribution in [0.15, 0.2) is 12.4 Å². The predicted octanol–water partition coefficient (Wildman–Crippen LogP) is 2.55. The smallest absolute Gasteiger partial charge is 0.414 e. The van der Waals surface area contributed by atoms with Gasteiger partial charge < -0.3 is 10.5 Å². The van der Waals surface area contributed by atoms with Crippen molar-refractivity contribution in [2.75, 3.05) is 5.32 Å². The van der Waals surface area contributed by atoms with Crippen molar-refractivity contribution >= 4 is 12.0 Å². The third-order valence-electron chi connectivity index (χ3n) is 3.34. The summed E-state index contributed by atoms with van der Waals surface area (Å²) in [6.45, 7) is 5.40. The number of carbonyl (C=O) groups is 1. The molecule has 1 aliphatic carbocycles. The Balaban J connectivity index is 2.00. The number of nitrogens with two attached hydrogens (primary N) is 1. The number of nitrogens with zero attached hydrogens (tertiary/aromatic N) is 2. The van der Waals surface area contributed by atoms with Gasteiger partial charge in [0.25, 0.3) is 0 Å². The summed E-state index contributed by atoms with van der Waals surface area (Å²) >= 11 is 0. The van der Waals surface area contributed by atoms with Crippen molar-refractivity contribution in [1.29, 1.82) is 0 Å². The maximum Gasteiger partial charge on any atom is 0.414 e. The first-order chi connectivity index (χ1) is 9.28. The molecule has 1 fully saturated rings. The molecular formula is C14H22N4O2. The Morgan fingerprint density at radius 1 is 1.30 bits per heavy atom. The molecule has 0 saturated heterocycles. The fourth-order valence-electron chi connectivity index (χ4n) is 2.34. The summed E-state index contributed by atoms with van der Waals surface area (Å²) in [5.41, 5.74) is 6.38. The van der Waals surface area contributed by atoms with Gasteiger partial charge in [0.2, 0.25) is 5.95 Å². The molecule has 6 nitrogen and oxygen atoms in total. The molecule has 0 aliphatic heterocycles. The molecule has 2 rings (SSSR count). The molecule has 0 unspecified atom stereocenters. The van der Waals surface area contributed by atoms with Gasteiger partial charge in [-0.15, -0.1) is 0 Å². The van der Waals surface area contributed by atoms with Gasteiger partial charge in [-0.25, -0.2) is 14.8 Å². The lowest BCUT2D eigenvalue weighted by molar-refractivity contribution is 0.0634. The molecule has 1 amide bonds. The van der Waals surface area contributed by atoms with Crippen LogP contribution in [-0.4, -0.2) is 21.7 Å². The van der Waals surface area contributed by atoms with Crippen LogP contribution in [0, 0.1) is 0 Å². The topological polar surface area (TPSA) is 90.1 Å². The van der Waals surface area contributed by atoms with Crippen LogP contribution >= 0.6 is 0 Å². The van der Waals surface area contributed by atoms with Gasteiger partial charge in [-0.2, -0.15) is 0 Å². The number of ether oxygens (including phenoxy) is 1. The molecule has 0 bridgehead atoms. The van der Waals surface area contributed by atoms with Gasteiger partial charge in [0.05, 0.1) is 0 Å². The van der Waals surface area contributed by atoms with Crippen LogP contribution in [0.3, 0.4) is 0 Å². The number of amides is 1. The Morgan fingerprint density at radius 3 is 2.35 bits per heavy atom. The molecule has 0 aromatic carbocycles. The fourth-order valence-corrected chi connectivity index (χ4v) is 2.34. The summed E-state index contributed by atoms with van der Waals surface area (Å²) in [7, 11) is 0. The largest absolute Gasteiger partial charge is 0.444 e. The molecule has 20 heavy (non-hydrogen) atoms. The van der Waals surface area contributed by atoms with E-state index in [0.29, 0.717) is 0 Å². The third-order valence-corrected chi connectivity index (χ3v) is 3.34. The minimum absolute atomic E-state index is 0.226. The first-order valence-corrected chi connectivity index (χ1v) is 6.90. The number of nitrogens with one attached hydrogen (secondary N) is 1. The predicted molar refractivity (Wildman–Crippen MR) is 76.2 cm³/mol. The number of anilines is 1. The van der Waals surface area contributed by atoms with Crippen molar-refractivity contribution in [1.82, 2.24) is 9.97 Å². The van der Waals surface area contributed by atoms with Crippen LogP contribution in [0.4, 0.5) is 10.7 Å². The molecule has 0 atom stereocenters. The van der Waals surface area contributed by atoms with Crippen molar-refractivity contribution in [3.63, 3.8) is 0 Å². The number of hydrogen-bond donors (Lipinski definition) is 2. The molecule has 1 aromatic heterocycles. The Labute approximate surface area is 119 Å². The number of aromatic nitrogens is 2. The normalized spacial score (nSPS) is 17.8. The van der Waals surface area contributed by atoms with Gasteiger partial charge in [-0.1, -0.05) is 12.8 Å². The summed E-state index contributed by atoms with van der Waals surface area (Å²) in [4.78, 5) is 19.9. The SMILES string of the molecule is CC(C)(C)OC(=O)Nc1ncc(C2(N)CCCC2)cn1. The minimum atomic E-state index is -0.562. The lowest BCUT2D eigenvalue weighted by atomic mass is 9.92. The third kappa shape index (κ3) is 3.66. The molecule has 1 heterocycles. The molecule has 6 heteroatoms. The first-order valence-electron chi connectivity index (χ1n) is 6.90. The lowest BCUT2D eigenvalue weighted by Crippen LogP contribution is -2.33. The Kier molecular flexibility index (Phi) is 3.94. The standard InChI is InChI=1S/C14H22N4O2/c1-13(2,3)20-12(19)18-11-16-8-10(9-17-11)14(15)6-4-5-7-14/h8-9H,4-7,15H2,1-3H3,(H,16,17,18,19). The number of hydrogen-bond acceptors (Lipinski definition) is 5. The molecule has 1 aliphatic rings. The maximum atomic E-state index is 11.6. The number of rotatable bonds is 2. The van der Waals surface area contributed by atoms with Crippen LogP contribution in [0.5, 0.6) is 0 Å². The average Bonchev–Trinajstić information content (AvgIpc) is 2.75.